The molecule has 8 N–H and O–H groups in total. The summed E-state index contributed by atoms with van der Waals surface area (Å²) in [5.74, 6) is 6.69. The second kappa shape index (κ2) is 46.9. The van der Waals surface area contributed by atoms with Crippen LogP contribution in [-0.4, -0.2) is 262 Å². The van der Waals surface area contributed by atoms with Crippen LogP contribution in [0.5, 0.6) is 17.2 Å². The lowest BCUT2D eigenvalue weighted by atomic mass is 9.79. The number of sulfone groups is 3. The molecule has 3 aliphatic carbocycles. The molecule has 0 bridgehead atoms. The Labute approximate surface area is 797 Å². The number of hydrogen-bond acceptors (Lipinski definition) is 29. The molecule has 9 aromatic rings. The molecule has 9 heterocycles. The Hall–Kier alpha value is -10.9. The summed E-state index contributed by atoms with van der Waals surface area (Å²) in [6.45, 7) is 13.5. The largest absolute Gasteiger partial charge is 0.493 e. The topological polar surface area (TPSA) is 464 Å². The maximum atomic E-state index is 13.3. The fraction of sp³-hybridized carbons (Fsp3) is 0.571. The van der Waals surface area contributed by atoms with Crippen LogP contribution in [0.1, 0.15) is 182 Å². The van der Waals surface area contributed by atoms with Gasteiger partial charge < -0.3 is 84.7 Å². The van der Waals surface area contributed by atoms with Gasteiger partial charge in [0.1, 0.15) is 106 Å². The number of fused-ring (bicyclic) bond motifs is 3. The SMILES string of the molecule is CC(C)(N)C(=O)OC1CCN(C(=O)C2CCC(Nc3nccc(-n4ccc5c(OCCCS(C)(=O)=O)cccc54)n3)CC2)CC1.CC(C)C[C@H](N)C(=O)OC1CCN(C(=O)C2CCC(Cc3nccc(-n4ccc5c(OCCCS(C)(=O)=O)cccc54)n3)CC2)CC1.C[C@H](N)C(=O)OC1CCN(C(=O)C2CCC(Nc3nccc(-n4ccc5c(OCCCS(C)(=O)=O)cccc54)n3)CC2)CC1. The molecular formula is C98H135N17O18S3. The van der Waals surface area contributed by atoms with Crippen LogP contribution in [0.4, 0.5) is 11.9 Å². The molecule has 6 fully saturated rings. The molecule has 3 aliphatic heterocycles. The van der Waals surface area contributed by atoms with Gasteiger partial charge in [0.25, 0.3) is 0 Å². The van der Waals surface area contributed by atoms with Crippen LogP contribution >= 0.6 is 0 Å². The predicted molar refractivity (Wildman–Crippen MR) is 520 cm³/mol. The fourth-order valence-corrected chi connectivity index (χ4v) is 20.6. The van der Waals surface area contributed by atoms with Crippen LogP contribution in [0.2, 0.25) is 0 Å². The van der Waals surface area contributed by atoms with E-state index in [0.29, 0.717) is 176 Å². The minimum atomic E-state index is -3.02. The molecule has 3 saturated carbocycles. The Morgan fingerprint density at radius 1 is 0.434 bits per heavy atom. The van der Waals surface area contributed by atoms with Crippen molar-refractivity contribution in [2.75, 3.05) is 106 Å². The highest BCUT2D eigenvalue weighted by atomic mass is 32.2. The van der Waals surface area contributed by atoms with Gasteiger partial charge in [0.2, 0.25) is 29.6 Å². The zero-order valence-electron chi connectivity index (χ0n) is 79.5. The smallest absolute Gasteiger partial charge is 0.325 e. The summed E-state index contributed by atoms with van der Waals surface area (Å²) in [7, 11) is -9.07. The summed E-state index contributed by atoms with van der Waals surface area (Å²) >= 11 is 0. The molecule has 15 rings (SSSR count). The van der Waals surface area contributed by atoms with Crippen LogP contribution < -0.4 is 42.0 Å². The molecule has 136 heavy (non-hydrogen) atoms. The number of rotatable bonds is 35. The molecule has 38 heteroatoms. The van der Waals surface area contributed by atoms with E-state index in [0.717, 1.165) is 128 Å². The molecule has 2 atom stereocenters. The quantitative estimate of drug-likeness (QED) is 0.0140. The Morgan fingerprint density at radius 2 is 0.772 bits per heavy atom. The van der Waals surface area contributed by atoms with Crippen molar-refractivity contribution in [3.63, 3.8) is 0 Å². The molecule has 0 spiro atoms. The zero-order valence-corrected chi connectivity index (χ0v) is 81.9. The van der Waals surface area contributed by atoms with E-state index < -0.39 is 59.1 Å². The third-order valence-electron chi connectivity index (χ3n) is 26.1. The number of likely N-dealkylation sites (tertiary alicyclic amines) is 3. The van der Waals surface area contributed by atoms with E-state index in [1.165, 1.54) is 18.8 Å². The highest BCUT2D eigenvalue weighted by Crippen LogP contribution is 2.38. The number of anilines is 2. The average Bonchev–Trinajstić information content (AvgIpc) is 1.47. The van der Waals surface area contributed by atoms with Crippen molar-refractivity contribution in [2.24, 2.45) is 46.8 Å². The van der Waals surface area contributed by atoms with Gasteiger partial charge in [-0.15, -0.1) is 0 Å². The Bertz CT molecular complexity index is 5920. The highest BCUT2D eigenvalue weighted by Gasteiger charge is 2.38. The number of amides is 3. The summed E-state index contributed by atoms with van der Waals surface area (Å²) in [5.41, 5.74) is 19.2. The van der Waals surface area contributed by atoms with Crippen molar-refractivity contribution >= 4 is 110 Å². The van der Waals surface area contributed by atoms with Crippen molar-refractivity contribution in [1.82, 2.24) is 58.3 Å². The molecular weight excluding hydrogens is 1800 g/mol. The number of esters is 3. The molecule has 0 radical (unpaired) electrons. The van der Waals surface area contributed by atoms with Crippen molar-refractivity contribution in [3.8, 4) is 34.7 Å². The third kappa shape index (κ3) is 29.3. The van der Waals surface area contributed by atoms with Gasteiger partial charge in [0.05, 0.1) is 53.6 Å². The fourth-order valence-electron chi connectivity index (χ4n) is 18.6. The van der Waals surface area contributed by atoms with Crippen molar-refractivity contribution < 1.29 is 82.4 Å². The van der Waals surface area contributed by atoms with Gasteiger partial charge in [-0.2, -0.15) is 9.97 Å². The monoisotopic (exact) mass is 1930 g/mol. The Balaban J connectivity index is 0.000000173. The molecule has 6 aromatic heterocycles. The normalized spacial score (nSPS) is 20.0. The minimum Gasteiger partial charge on any atom is -0.493 e. The van der Waals surface area contributed by atoms with Crippen molar-refractivity contribution in [1.29, 1.82) is 0 Å². The van der Waals surface area contributed by atoms with Gasteiger partial charge in [-0.25, -0.2) is 45.2 Å². The molecule has 6 aliphatic rings. The Kier molecular flexibility index (Phi) is 35.4. The first kappa shape index (κ1) is 102. The third-order valence-corrected chi connectivity index (χ3v) is 29.1. The van der Waals surface area contributed by atoms with E-state index >= 15 is 0 Å². The standard InChI is InChI=1S/C35H49N5O6S.C32H44N6O6S.C31H42N6O6S/c1-24(2)22-29(36)35(42)46-27-13-17-39(18-14-27)34(41)26-10-8-25(9-11-26)23-32-37-16-12-33(38-32)40-19-15-28-30(40)6-4-7-31(28)45-20-5-21-47(3,43)44;1-32(2,33)30(40)44-24-13-17-37(18-14-24)29(39)22-8-10-23(11-9-22)35-31-34-16-12-28(36-31)38-19-15-25-26(38)6-4-7-27(25)43-20-5-21-45(3,41)42;1-21(32)30(39)43-24-12-16-36(17-13-24)29(38)22-7-9-23(10-8-22)34-31-33-15-11-28(35-31)37-18-14-25-26(37)5-3-6-27(25)42-19-4-20-44(2,40)41/h4,6-7,12,15-16,19,24-27,29H,5,8-11,13-14,17-18,20-23,36H2,1-3H3;4,6-7,12,15-16,19,22-24H,5,8-11,13-14,17-18,20-21,33H2,1-3H3,(H,34,35,36);3,5-6,11,14-15,18,21-24H,4,7-10,12-13,16-17,19-20,32H2,1-2H3,(H,33,34,35)/t25?,26?,29-;;21-,22?,23?/m0.0/s1. The number of carbonyl (C=O) groups excluding carboxylic acids is 6. The number of ether oxygens (including phenoxy) is 6. The molecule has 0 unspecified atom stereocenters. The summed E-state index contributed by atoms with van der Waals surface area (Å²) in [6, 6.07) is 28.0. The number of aromatic nitrogens is 9. The molecule has 3 amide bonds. The number of benzene rings is 3. The lowest BCUT2D eigenvalue weighted by Gasteiger charge is -2.36. The van der Waals surface area contributed by atoms with Gasteiger partial charge in [-0.05, 0) is 208 Å². The first-order chi connectivity index (χ1) is 64.9. The van der Waals surface area contributed by atoms with Crippen LogP contribution in [0.3, 0.4) is 0 Å². The van der Waals surface area contributed by atoms with Gasteiger partial charge in [-0.1, -0.05) is 32.0 Å². The number of nitrogens with zero attached hydrogens (tertiary/aromatic N) is 12. The van der Waals surface area contributed by atoms with E-state index in [2.05, 4.69) is 25.6 Å². The van der Waals surface area contributed by atoms with Gasteiger partial charge in [-0.3, -0.25) is 28.8 Å². The van der Waals surface area contributed by atoms with Gasteiger partial charge in [0, 0.05) is 186 Å². The summed E-state index contributed by atoms with van der Waals surface area (Å²) in [5, 5.41) is 9.71. The number of nitrogens with two attached hydrogens (primary N) is 3. The molecule has 35 nitrogen and oxygen atoms in total. The van der Waals surface area contributed by atoms with Crippen LogP contribution in [-0.2, 0) is 78.9 Å². The first-order valence-corrected chi connectivity index (χ1v) is 54.1. The molecule has 3 saturated heterocycles. The molecule has 3 aromatic carbocycles. The summed E-state index contributed by atoms with van der Waals surface area (Å²) < 4.78 is 109. The number of hydrogen-bond donors (Lipinski definition) is 5. The minimum absolute atomic E-state index is 0.00232. The maximum absolute atomic E-state index is 13.3. The number of carbonyl (C=O) groups is 6. The number of piperidine rings is 3. The summed E-state index contributed by atoms with van der Waals surface area (Å²) in [4.78, 5) is 110. The van der Waals surface area contributed by atoms with Crippen LogP contribution in [0.25, 0.3) is 50.2 Å². The van der Waals surface area contributed by atoms with Crippen molar-refractivity contribution in [2.45, 2.75) is 230 Å². The first-order valence-electron chi connectivity index (χ1n) is 47.9. The van der Waals surface area contributed by atoms with Gasteiger partial charge in [0.15, 0.2) is 0 Å². The average molecular weight is 1940 g/mol. The van der Waals surface area contributed by atoms with Crippen LogP contribution in [0.15, 0.2) is 128 Å². The second-order valence-corrected chi connectivity index (χ2v) is 45.1. The highest BCUT2D eigenvalue weighted by molar-refractivity contribution is 7.91. The Morgan fingerprint density at radius 3 is 1.12 bits per heavy atom. The van der Waals surface area contributed by atoms with Crippen LogP contribution in [0, 0.1) is 29.6 Å². The second-order valence-electron chi connectivity index (χ2n) is 38.3. The predicted octanol–water partition coefficient (Wildman–Crippen LogP) is 11.1. The summed E-state index contributed by atoms with van der Waals surface area (Å²) in [6.07, 6.45) is 31.0. The lowest BCUT2D eigenvalue weighted by Crippen LogP contribution is -2.48. The number of nitrogens with one attached hydrogen (secondary N) is 2. The van der Waals surface area contributed by atoms with E-state index in [9.17, 15) is 54.0 Å². The lowest BCUT2D eigenvalue weighted by molar-refractivity contribution is -0.158. The van der Waals surface area contributed by atoms with Gasteiger partial charge >= 0.3 is 17.9 Å². The zero-order chi connectivity index (χ0) is 97.0. The van der Waals surface area contributed by atoms with E-state index in [1.54, 1.807) is 39.4 Å². The molecule has 738 valence electrons. The van der Waals surface area contributed by atoms with E-state index in [1.807, 2.05) is 152 Å². The van der Waals surface area contributed by atoms with E-state index in [-0.39, 0.29) is 89.1 Å². The van der Waals surface area contributed by atoms with Crippen molar-refractivity contribution in [3.05, 3.63) is 134 Å². The maximum Gasteiger partial charge on any atom is 0.325 e. The van der Waals surface area contributed by atoms with E-state index in [4.69, 9.17) is 60.6 Å².